The van der Waals surface area contributed by atoms with Crippen molar-refractivity contribution in [3.63, 3.8) is 0 Å². The van der Waals surface area contributed by atoms with Crippen molar-refractivity contribution in [3.8, 4) is 0 Å². The lowest BCUT2D eigenvalue weighted by Gasteiger charge is -2.06. The van der Waals surface area contributed by atoms with Gasteiger partial charge in [-0.15, -0.1) is 16.8 Å². The maximum absolute atomic E-state index is 13.4. The summed E-state index contributed by atoms with van der Waals surface area (Å²) < 4.78 is 13.4. The van der Waals surface area contributed by atoms with E-state index in [-0.39, 0.29) is 12.3 Å². The molecule has 1 heterocycles. The van der Waals surface area contributed by atoms with E-state index in [9.17, 15) is 9.18 Å². The first-order chi connectivity index (χ1) is 10.2. The highest BCUT2D eigenvalue weighted by molar-refractivity contribution is 5.91. The minimum absolute atomic E-state index is 0.0508. The normalized spacial score (nSPS) is 9.95. The predicted molar refractivity (Wildman–Crippen MR) is 79.5 cm³/mol. The molecule has 5 nitrogen and oxygen atoms in total. The van der Waals surface area contributed by atoms with E-state index >= 15 is 0 Å². The Morgan fingerprint density at radius 1 is 1.19 bits per heavy atom. The maximum atomic E-state index is 13.4. The Morgan fingerprint density at radius 2 is 1.90 bits per heavy atom. The van der Waals surface area contributed by atoms with E-state index in [1.165, 1.54) is 6.07 Å². The molecule has 1 amide bonds. The van der Waals surface area contributed by atoms with Gasteiger partial charge in [-0.25, -0.2) is 4.39 Å². The Bertz CT molecular complexity index is 628. The van der Waals surface area contributed by atoms with Crippen molar-refractivity contribution in [1.82, 2.24) is 10.2 Å². The van der Waals surface area contributed by atoms with Crippen LogP contribution >= 0.6 is 0 Å². The van der Waals surface area contributed by atoms with Crippen LogP contribution in [-0.4, -0.2) is 22.6 Å². The largest absolute Gasteiger partial charge is 0.365 e. The first-order valence-corrected chi connectivity index (χ1v) is 6.41. The van der Waals surface area contributed by atoms with Crippen molar-refractivity contribution in [1.29, 1.82) is 0 Å². The Balaban J connectivity index is 1.93. The molecule has 2 N–H and O–H groups in total. The van der Waals surface area contributed by atoms with Crippen molar-refractivity contribution in [2.75, 3.05) is 17.2 Å². The number of carbonyl (C=O) groups excluding carboxylic acids is 1. The lowest BCUT2D eigenvalue weighted by Crippen LogP contribution is -2.16. The molecule has 108 valence electrons. The zero-order valence-corrected chi connectivity index (χ0v) is 11.3. The maximum Gasteiger partial charge on any atom is 0.230 e. The molecule has 0 radical (unpaired) electrons. The molecule has 0 aliphatic heterocycles. The minimum Gasteiger partial charge on any atom is -0.365 e. The van der Waals surface area contributed by atoms with Gasteiger partial charge in [0.1, 0.15) is 11.6 Å². The van der Waals surface area contributed by atoms with Crippen molar-refractivity contribution in [2.24, 2.45) is 0 Å². The third kappa shape index (κ3) is 4.38. The Kier molecular flexibility index (Phi) is 4.98. The third-order valence-electron chi connectivity index (χ3n) is 2.67. The van der Waals surface area contributed by atoms with Gasteiger partial charge >= 0.3 is 0 Å². The van der Waals surface area contributed by atoms with Crippen LogP contribution in [0.25, 0.3) is 0 Å². The second kappa shape index (κ2) is 7.14. The van der Waals surface area contributed by atoms with Gasteiger partial charge in [-0.2, -0.15) is 0 Å². The van der Waals surface area contributed by atoms with Gasteiger partial charge in [0.15, 0.2) is 5.82 Å². The highest BCUT2D eigenvalue weighted by Gasteiger charge is 2.08. The van der Waals surface area contributed by atoms with Crippen molar-refractivity contribution in [2.45, 2.75) is 6.42 Å². The summed E-state index contributed by atoms with van der Waals surface area (Å²) in [7, 11) is 0. The van der Waals surface area contributed by atoms with E-state index in [2.05, 4.69) is 27.4 Å². The lowest BCUT2D eigenvalue weighted by molar-refractivity contribution is -0.115. The molecule has 2 aromatic rings. The van der Waals surface area contributed by atoms with Gasteiger partial charge in [0.25, 0.3) is 0 Å². The molecule has 0 atom stereocenters. The quantitative estimate of drug-likeness (QED) is 0.800. The van der Waals surface area contributed by atoms with Crippen LogP contribution in [0.3, 0.4) is 0 Å². The average Bonchev–Trinajstić information content (AvgIpc) is 2.49. The fraction of sp³-hybridized carbons (Fsp3) is 0.133. The average molecular weight is 286 g/mol. The smallest absolute Gasteiger partial charge is 0.230 e. The number of hydrogen-bond acceptors (Lipinski definition) is 4. The lowest BCUT2D eigenvalue weighted by atomic mass is 10.1. The van der Waals surface area contributed by atoms with Gasteiger partial charge in [-0.1, -0.05) is 24.3 Å². The van der Waals surface area contributed by atoms with Gasteiger partial charge in [-0.3, -0.25) is 4.79 Å². The molecular weight excluding hydrogens is 271 g/mol. The van der Waals surface area contributed by atoms with E-state index in [1.54, 1.807) is 36.4 Å². The van der Waals surface area contributed by atoms with Crippen LogP contribution in [0.4, 0.5) is 16.0 Å². The molecule has 0 aliphatic carbocycles. The molecule has 6 heteroatoms. The Labute approximate surface area is 121 Å². The number of nitrogens with zero attached hydrogens (tertiary/aromatic N) is 2. The van der Waals surface area contributed by atoms with Crippen LogP contribution in [0.5, 0.6) is 0 Å². The Hall–Kier alpha value is -2.76. The summed E-state index contributed by atoms with van der Waals surface area (Å²) in [4.78, 5) is 11.8. The van der Waals surface area contributed by atoms with Crippen LogP contribution in [-0.2, 0) is 11.2 Å². The molecule has 0 unspecified atom stereocenters. The number of hydrogen-bond donors (Lipinski definition) is 2. The van der Waals surface area contributed by atoms with Gasteiger partial charge in [0.2, 0.25) is 5.91 Å². The molecule has 1 aromatic carbocycles. The van der Waals surface area contributed by atoms with Crippen molar-refractivity contribution in [3.05, 3.63) is 60.4 Å². The van der Waals surface area contributed by atoms with Crippen molar-refractivity contribution < 1.29 is 9.18 Å². The summed E-state index contributed by atoms with van der Waals surface area (Å²) in [5.74, 6) is 0.159. The number of rotatable bonds is 6. The van der Waals surface area contributed by atoms with E-state index in [0.29, 0.717) is 23.7 Å². The second-order valence-electron chi connectivity index (χ2n) is 4.29. The summed E-state index contributed by atoms with van der Waals surface area (Å²) in [5, 5.41) is 13.3. The second-order valence-corrected chi connectivity index (χ2v) is 4.29. The van der Waals surface area contributed by atoms with E-state index < -0.39 is 5.82 Å². The van der Waals surface area contributed by atoms with Gasteiger partial charge in [-0.05, 0) is 23.8 Å². The molecule has 2 rings (SSSR count). The molecule has 0 saturated heterocycles. The molecule has 21 heavy (non-hydrogen) atoms. The number of benzene rings is 1. The highest BCUT2D eigenvalue weighted by atomic mass is 19.1. The first-order valence-electron chi connectivity index (χ1n) is 6.41. The highest BCUT2D eigenvalue weighted by Crippen LogP contribution is 2.09. The number of amides is 1. The molecule has 0 aliphatic rings. The summed E-state index contributed by atoms with van der Waals surface area (Å²) in [6.45, 7) is 4.16. The summed E-state index contributed by atoms with van der Waals surface area (Å²) >= 11 is 0. The van der Waals surface area contributed by atoms with Crippen LogP contribution in [0.2, 0.25) is 0 Å². The summed E-state index contributed by atoms with van der Waals surface area (Å²) in [6, 6.07) is 9.47. The topological polar surface area (TPSA) is 66.9 Å². The number of anilines is 2. The fourth-order valence-electron chi connectivity index (χ4n) is 1.67. The minimum atomic E-state index is -0.400. The van der Waals surface area contributed by atoms with Gasteiger partial charge in [0.05, 0.1) is 6.42 Å². The molecule has 0 spiro atoms. The summed E-state index contributed by atoms with van der Waals surface area (Å²) in [6.07, 6.45) is 1.65. The van der Waals surface area contributed by atoms with Gasteiger partial charge in [0, 0.05) is 6.54 Å². The van der Waals surface area contributed by atoms with Crippen LogP contribution in [0.15, 0.2) is 49.1 Å². The predicted octanol–water partition coefficient (Wildman–Crippen LogP) is 2.39. The zero-order chi connectivity index (χ0) is 15.1. The van der Waals surface area contributed by atoms with Crippen LogP contribution in [0.1, 0.15) is 5.56 Å². The molecule has 1 aromatic heterocycles. The number of nitrogens with one attached hydrogen (secondary N) is 2. The summed E-state index contributed by atoms with van der Waals surface area (Å²) in [5.41, 5.74) is 0.340. The Morgan fingerprint density at radius 3 is 2.57 bits per heavy atom. The van der Waals surface area contributed by atoms with Crippen LogP contribution in [0, 0.1) is 5.82 Å². The fourth-order valence-corrected chi connectivity index (χ4v) is 1.67. The zero-order valence-electron chi connectivity index (χ0n) is 11.3. The monoisotopic (exact) mass is 286 g/mol. The number of halogens is 1. The van der Waals surface area contributed by atoms with E-state index in [4.69, 9.17) is 0 Å². The van der Waals surface area contributed by atoms with E-state index in [0.717, 1.165) is 0 Å². The standard InChI is InChI=1S/C15H15FN4O/c1-2-9-17-13-7-8-14(20-19-13)18-15(21)10-11-5-3-4-6-12(11)16/h2-8H,1,9-10H2,(H,17,19)(H,18,20,21). The van der Waals surface area contributed by atoms with E-state index in [1.807, 2.05) is 0 Å². The molecule has 0 bridgehead atoms. The molecular formula is C15H15FN4O. The van der Waals surface area contributed by atoms with Crippen LogP contribution < -0.4 is 10.6 Å². The molecule has 0 fully saturated rings. The third-order valence-corrected chi connectivity index (χ3v) is 2.67. The van der Waals surface area contributed by atoms with Crippen molar-refractivity contribution >= 4 is 17.5 Å². The molecule has 0 saturated carbocycles. The number of carbonyl (C=O) groups is 1. The number of aromatic nitrogens is 2. The van der Waals surface area contributed by atoms with Gasteiger partial charge < -0.3 is 10.6 Å². The first kappa shape index (κ1) is 14.6. The SMILES string of the molecule is C=CCNc1ccc(NC(=O)Cc2ccccc2F)nn1.